The highest BCUT2D eigenvalue weighted by Crippen LogP contribution is 2.28. The zero-order valence-electron chi connectivity index (χ0n) is 11.8. The molecule has 2 amide bonds. The van der Waals surface area contributed by atoms with E-state index >= 15 is 0 Å². The molecule has 1 aliphatic rings. The van der Waals surface area contributed by atoms with Gasteiger partial charge in [0, 0.05) is 12.6 Å². The van der Waals surface area contributed by atoms with E-state index in [4.69, 9.17) is 9.47 Å². The van der Waals surface area contributed by atoms with Crippen molar-refractivity contribution < 1.29 is 23.9 Å². The third-order valence-electron chi connectivity index (χ3n) is 2.88. The van der Waals surface area contributed by atoms with Crippen molar-refractivity contribution in [2.45, 2.75) is 6.92 Å². The molecule has 0 atom stereocenters. The van der Waals surface area contributed by atoms with Crippen molar-refractivity contribution in [3.05, 3.63) is 23.8 Å². The zero-order chi connectivity index (χ0) is 15.4. The number of benzene rings is 1. The predicted molar refractivity (Wildman–Crippen MR) is 74.2 cm³/mol. The van der Waals surface area contributed by atoms with Gasteiger partial charge >= 0.3 is 5.97 Å². The van der Waals surface area contributed by atoms with Gasteiger partial charge in [-0.3, -0.25) is 14.4 Å². The van der Waals surface area contributed by atoms with Crippen molar-refractivity contribution in [3.8, 4) is 5.75 Å². The van der Waals surface area contributed by atoms with Gasteiger partial charge in [0.1, 0.15) is 12.3 Å². The van der Waals surface area contributed by atoms with Crippen LogP contribution in [0.4, 0.5) is 5.69 Å². The van der Waals surface area contributed by atoms with E-state index < -0.39 is 5.97 Å². The van der Waals surface area contributed by atoms with Gasteiger partial charge in [-0.1, -0.05) is 0 Å². The quantitative estimate of drug-likeness (QED) is 0.824. The molecule has 2 rings (SSSR count). The maximum atomic E-state index is 12.2. The van der Waals surface area contributed by atoms with Gasteiger partial charge in [0.2, 0.25) is 0 Å². The number of fused-ring (bicyclic) bond motifs is 1. The molecule has 0 fully saturated rings. The highest BCUT2D eigenvalue weighted by molar-refractivity contribution is 6.00. The summed E-state index contributed by atoms with van der Waals surface area (Å²) in [6, 6.07) is 4.72. The van der Waals surface area contributed by atoms with Crippen molar-refractivity contribution in [1.82, 2.24) is 4.90 Å². The maximum absolute atomic E-state index is 12.2. The minimum atomic E-state index is -0.469. The number of amides is 2. The second-order valence-corrected chi connectivity index (χ2v) is 4.51. The Morgan fingerprint density at radius 3 is 2.90 bits per heavy atom. The summed E-state index contributed by atoms with van der Waals surface area (Å²) in [4.78, 5) is 36.1. The van der Waals surface area contributed by atoms with E-state index in [9.17, 15) is 14.4 Å². The lowest BCUT2D eigenvalue weighted by Crippen LogP contribution is -2.33. The molecular formula is C14H16N2O5. The Morgan fingerprint density at radius 2 is 2.19 bits per heavy atom. The number of hydrogen-bond donors (Lipinski definition) is 1. The number of rotatable bonds is 4. The third kappa shape index (κ3) is 3.50. The molecule has 7 heteroatoms. The van der Waals surface area contributed by atoms with Crippen LogP contribution in [0.5, 0.6) is 5.75 Å². The molecule has 0 radical (unpaired) electrons. The first-order valence-corrected chi connectivity index (χ1v) is 6.49. The van der Waals surface area contributed by atoms with E-state index in [1.807, 2.05) is 0 Å². The summed E-state index contributed by atoms with van der Waals surface area (Å²) in [5.74, 6) is -0.570. The van der Waals surface area contributed by atoms with E-state index in [2.05, 4.69) is 5.32 Å². The molecule has 1 aromatic carbocycles. The van der Waals surface area contributed by atoms with Crippen molar-refractivity contribution in [3.63, 3.8) is 0 Å². The topological polar surface area (TPSA) is 84.9 Å². The maximum Gasteiger partial charge on any atom is 0.325 e. The monoisotopic (exact) mass is 292 g/mol. The number of ether oxygens (including phenoxy) is 2. The molecule has 0 unspecified atom stereocenters. The van der Waals surface area contributed by atoms with Crippen LogP contribution in [-0.2, 0) is 14.3 Å². The third-order valence-corrected chi connectivity index (χ3v) is 2.88. The second-order valence-electron chi connectivity index (χ2n) is 4.51. The Bertz CT molecular complexity index is 585. The molecule has 1 aromatic rings. The van der Waals surface area contributed by atoms with Crippen LogP contribution in [0.1, 0.15) is 17.3 Å². The summed E-state index contributed by atoms with van der Waals surface area (Å²) in [6.07, 6.45) is 0. The van der Waals surface area contributed by atoms with Crippen LogP contribution < -0.4 is 10.1 Å². The standard InChI is InChI=1S/C14H16N2O5/c1-3-20-13(18)7-16(2)14(19)9-4-5-11-10(6-9)15-12(17)8-21-11/h4-6H,3,7-8H2,1-2H3,(H,15,17). The molecule has 7 nitrogen and oxygen atoms in total. The molecule has 0 saturated carbocycles. The van der Waals surface area contributed by atoms with Crippen LogP contribution in [0.15, 0.2) is 18.2 Å². The molecule has 0 aliphatic carbocycles. The Morgan fingerprint density at radius 1 is 1.43 bits per heavy atom. The Hall–Kier alpha value is -2.57. The number of carbonyl (C=O) groups excluding carboxylic acids is 3. The highest BCUT2D eigenvalue weighted by Gasteiger charge is 2.20. The first kappa shape index (κ1) is 14.8. The minimum absolute atomic E-state index is 0.0386. The fraction of sp³-hybridized carbons (Fsp3) is 0.357. The SMILES string of the molecule is CCOC(=O)CN(C)C(=O)c1ccc2c(c1)NC(=O)CO2. The minimum Gasteiger partial charge on any atom is -0.482 e. The van der Waals surface area contributed by atoms with Gasteiger partial charge in [0.05, 0.1) is 12.3 Å². The van der Waals surface area contributed by atoms with Crippen LogP contribution in [0.3, 0.4) is 0 Å². The fourth-order valence-corrected chi connectivity index (χ4v) is 1.91. The molecule has 1 N–H and O–H groups in total. The van der Waals surface area contributed by atoms with E-state index in [1.165, 1.54) is 18.0 Å². The smallest absolute Gasteiger partial charge is 0.325 e. The van der Waals surface area contributed by atoms with Crippen LogP contribution in [0.25, 0.3) is 0 Å². The normalized spacial score (nSPS) is 12.8. The van der Waals surface area contributed by atoms with Crippen LogP contribution in [0, 0.1) is 0 Å². The first-order valence-electron chi connectivity index (χ1n) is 6.49. The summed E-state index contributed by atoms with van der Waals surface area (Å²) in [5, 5.41) is 2.63. The van der Waals surface area contributed by atoms with Crippen molar-refractivity contribution in [2.24, 2.45) is 0 Å². The fourth-order valence-electron chi connectivity index (χ4n) is 1.91. The van der Waals surface area contributed by atoms with Crippen LogP contribution >= 0.6 is 0 Å². The molecule has 1 heterocycles. The summed E-state index contributed by atoms with van der Waals surface area (Å²) < 4.78 is 10.0. The van der Waals surface area contributed by atoms with E-state index in [-0.39, 0.29) is 31.6 Å². The molecule has 0 bridgehead atoms. The summed E-state index contributed by atoms with van der Waals surface area (Å²) >= 11 is 0. The number of likely N-dealkylation sites (N-methyl/N-ethyl adjacent to an activating group) is 1. The molecule has 0 aromatic heterocycles. The molecule has 112 valence electrons. The molecule has 1 aliphatic heterocycles. The highest BCUT2D eigenvalue weighted by atomic mass is 16.5. The predicted octanol–water partition coefficient (Wildman–Crippen LogP) is 0.653. The van der Waals surface area contributed by atoms with E-state index in [1.54, 1.807) is 19.1 Å². The number of nitrogens with one attached hydrogen (secondary N) is 1. The Kier molecular flexibility index (Phi) is 4.42. The summed E-state index contributed by atoms with van der Waals surface area (Å²) in [5.41, 5.74) is 0.799. The lowest BCUT2D eigenvalue weighted by Gasteiger charge is -2.20. The summed E-state index contributed by atoms with van der Waals surface area (Å²) in [7, 11) is 1.51. The van der Waals surface area contributed by atoms with Gasteiger partial charge in [-0.25, -0.2) is 0 Å². The van der Waals surface area contributed by atoms with E-state index in [0.717, 1.165) is 0 Å². The Labute approximate surface area is 121 Å². The Balaban J connectivity index is 2.10. The summed E-state index contributed by atoms with van der Waals surface area (Å²) in [6.45, 7) is 1.80. The molecule has 0 spiro atoms. The number of hydrogen-bond acceptors (Lipinski definition) is 5. The largest absolute Gasteiger partial charge is 0.482 e. The van der Waals surface area contributed by atoms with Gasteiger partial charge in [0.25, 0.3) is 11.8 Å². The van der Waals surface area contributed by atoms with Gasteiger partial charge in [-0.05, 0) is 25.1 Å². The van der Waals surface area contributed by atoms with Crippen molar-refractivity contribution in [1.29, 1.82) is 0 Å². The van der Waals surface area contributed by atoms with Gasteiger partial charge in [0.15, 0.2) is 6.61 Å². The average Bonchev–Trinajstić information content (AvgIpc) is 2.45. The second kappa shape index (κ2) is 6.25. The number of esters is 1. The zero-order valence-corrected chi connectivity index (χ0v) is 11.8. The van der Waals surface area contributed by atoms with Crippen LogP contribution in [-0.4, -0.2) is 49.5 Å². The number of nitrogens with zero attached hydrogens (tertiary/aromatic N) is 1. The molecule has 0 saturated heterocycles. The average molecular weight is 292 g/mol. The van der Waals surface area contributed by atoms with Gasteiger partial charge in [-0.2, -0.15) is 0 Å². The lowest BCUT2D eigenvalue weighted by atomic mass is 10.1. The van der Waals surface area contributed by atoms with E-state index in [0.29, 0.717) is 17.0 Å². The molecular weight excluding hydrogens is 276 g/mol. The van der Waals surface area contributed by atoms with Crippen molar-refractivity contribution >= 4 is 23.5 Å². The van der Waals surface area contributed by atoms with Gasteiger partial charge in [-0.15, -0.1) is 0 Å². The van der Waals surface area contributed by atoms with Gasteiger partial charge < -0.3 is 19.7 Å². The number of carbonyl (C=O) groups is 3. The lowest BCUT2D eigenvalue weighted by molar-refractivity contribution is -0.143. The number of anilines is 1. The van der Waals surface area contributed by atoms with Crippen molar-refractivity contribution in [2.75, 3.05) is 32.1 Å². The molecule has 21 heavy (non-hydrogen) atoms. The first-order chi connectivity index (χ1) is 10.0. The van der Waals surface area contributed by atoms with Crippen LogP contribution in [0.2, 0.25) is 0 Å².